The number of hydrogen-bond donors (Lipinski definition) is 0. The molecule has 10 aromatic rings. The van der Waals surface area contributed by atoms with Crippen LogP contribution in [0.15, 0.2) is 192 Å². The molecule has 1 atom stereocenters. The Morgan fingerprint density at radius 3 is 1.70 bits per heavy atom. The van der Waals surface area contributed by atoms with E-state index in [9.17, 15) is 0 Å². The van der Waals surface area contributed by atoms with E-state index in [0.717, 1.165) is 38.5 Å². The molecule has 0 saturated carbocycles. The fourth-order valence-corrected chi connectivity index (χ4v) is 7.99. The maximum atomic E-state index is 6.74. The topological polar surface area (TPSA) is 13.1 Å². The van der Waals surface area contributed by atoms with Gasteiger partial charge in [0.15, 0.2) is 0 Å². The highest BCUT2D eigenvalue weighted by Crippen LogP contribution is 2.43. The molecule has 1 unspecified atom stereocenters. The summed E-state index contributed by atoms with van der Waals surface area (Å²) in [5.41, 5.74) is 10.4. The molecule has 1 nitrogen and oxygen atoms in total. The van der Waals surface area contributed by atoms with Crippen LogP contribution in [-0.4, -0.2) is 0 Å². The van der Waals surface area contributed by atoms with Crippen LogP contribution in [0.2, 0.25) is 0 Å². The molecule has 0 aliphatic rings. The lowest BCUT2D eigenvalue weighted by Gasteiger charge is -2.20. The van der Waals surface area contributed by atoms with E-state index in [2.05, 4.69) is 188 Å². The number of rotatable bonds is 5. The van der Waals surface area contributed by atoms with Gasteiger partial charge in [-0.1, -0.05) is 182 Å². The summed E-state index contributed by atoms with van der Waals surface area (Å²) in [5, 5.41) is 9.72. The first-order valence-corrected chi connectivity index (χ1v) is 17.3. The molecule has 50 heavy (non-hydrogen) atoms. The summed E-state index contributed by atoms with van der Waals surface area (Å²) in [6.45, 7) is 0. The van der Waals surface area contributed by atoms with Gasteiger partial charge in [-0.15, -0.1) is 0 Å². The van der Waals surface area contributed by atoms with Crippen molar-refractivity contribution in [3.63, 3.8) is 0 Å². The molecular formula is C49H32O. The van der Waals surface area contributed by atoms with Gasteiger partial charge in [0.2, 0.25) is 0 Å². The van der Waals surface area contributed by atoms with E-state index in [4.69, 9.17) is 4.42 Å². The van der Waals surface area contributed by atoms with Crippen molar-refractivity contribution in [1.29, 1.82) is 0 Å². The van der Waals surface area contributed by atoms with Crippen molar-refractivity contribution in [2.75, 3.05) is 0 Å². The van der Waals surface area contributed by atoms with Gasteiger partial charge in [0, 0.05) is 27.6 Å². The second-order valence-corrected chi connectivity index (χ2v) is 13.2. The Morgan fingerprint density at radius 1 is 0.300 bits per heavy atom. The summed E-state index contributed by atoms with van der Waals surface area (Å²) in [7, 11) is 0. The predicted molar refractivity (Wildman–Crippen MR) is 211 cm³/mol. The maximum Gasteiger partial charge on any atom is 0.143 e. The van der Waals surface area contributed by atoms with Crippen molar-refractivity contribution >= 4 is 54.3 Å². The van der Waals surface area contributed by atoms with E-state index in [-0.39, 0.29) is 5.92 Å². The zero-order valence-electron chi connectivity index (χ0n) is 27.4. The molecule has 0 bridgehead atoms. The third-order valence-electron chi connectivity index (χ3n) is 10.4. The molecule has 9 aromatic carbocycles. The third kappa shape index (κ3) is 4.63. The van der Waals surface area contributed by atoms with Crippen molar-refractivity contribution < 1.29 is 4.42 Å². The fourth-order valence-electron chi connectivity index (χ4n) is 7.99. The monoisotopic (exact) mass is 636 g/mol. The SMILES string of the molecule is c1ccc(-c2cccc3c2oc2c4ccccc4c(-c4ccc(C(c5ccccc5)c5ccc6c(ccc7ccccc76)c5)cc4)cc32)cc1. The summed E-state index contributed by atoms with van der Waals surface area (Å²) in [5.74, 6) is 0.106. The normalized spacial score (nSPS) is 12.3. The quantitative estimate of drug-likeness (QED) is 0.135. The molecule has 0 aliphatic carbocycles. The van der Waals surface area contributed by atoms with Crippen molar-refractivity contribution in [2.45, 2.75) is 5.92 Å². The average Bonchev–Trinajstić information content (AvgIpc) is 3.58. The molecule has 10 rings (SSSR count). The highest BCUT2D eigenvalue weighted by atomic mass is 16.3. The Morgan fingerprint density at radius 2 is 0.880 bits per heavy atom. The van der Waals surface area contributed by atoms with E-state index in [1.54, 1.807) is 0 Å². The van der Waals surface area contributed by atoms with Gasteiger partial charge in [-0.3, -0.25) is 0 Å². The molecule has 0 amide bonds. The molecule has 0 aliphatic heterocycles. The van der Waals surface area contributed by atoms with Gasteiger partial charge in [-0.25, -0.2) is 0 Å². The number of hydrogen-bond acceptors (Lipinski definition) is 1. The lowest BCUT2D eigenvalue weighted by Crippen LogP contribution is -2.03. The van der Waals surface area contributed by atoms with Gasteiger partial charge in [0.05, 0.1) is 0 Å². The molecule has 1 aromatic heterocycles. The minimum Gasteiger partial charge on any atom is -0.455 e. The Hall–Kier alpha value is -6.44. The van der Waals surface area contributed by atoms with Crippen LogP contribution >= 0.6 is 0 Å². The Labute approximate surface area is 290 Å². The minimum absolute atomic E-state index is 0.106. The van der Waals surface area contributed by atoms with Crippen LogP contribution in [0.1, 0.15) is 22.6 Å². The Balaban J connectivity index is 1.12. The van der Waals surface area contributed by atoms with Crippen LogP contribution in [0.4, 0.5) is 0 Å². The summed E-state index contributed by atoms with van der Waals surface area (Å²) in [6, 6.07) is 68.2. The van der Waals surface area contributed by atoms with Crippen molar-refractivity contribution in [1.82, 2.24) is 0 Å². The van der Waals surface area contributed by atoms with Gasteiger partial charge in [0.1, 0.15) is 11.2 Å². The van der Waals surface area contributed by atoms with E-state index in [1.165, 1.54) is 54.7 Å². The molecule has 0 radical (unpaired) electrons. The number of benzene rings is 9. The molecule has 1 heterocycles. The Kier molecular flexibility index (Phi) is 6.63. The first-order chi connectivity index (χ1) is 24.8. The molecule has 0 fully saturated rings. The van der Waals surface area contributed by atoms with E-state index < -0.39 is 0 Å². The largest absolute Gasteiger partial charge is 0.455 e. The second-order valence-electron chi connectivity index (χ2n) is 13.2. The van der Waals surface area contributed by atoms with Crippen LogP contribution in [0.5, 0.6) is 0 Å². The highest BCUT2D eigenvalue weighted by molar-refractivity contribution is 6.20. The number of fused-ring (bicyclic) bond motifs is 8. The van der Waals surface area contributed by atoms with Gasteiger partial charge in [-0.2, -0.15) is 0 Å². The molecule has 0 saturated heterocycles. The molecule has 1 heteroatoms. The summed E-state index contributed by atoms with van der Waals surface area (Å²) >= 11 is 0. The lowest BCUT2D eigenvalue weighted by molar-refractivity contribution is 0.674. The zero-order chi connectivity index (χ0) is 33.0. The fraction of sp³-hybridized carbons (Fsp3) is 0.0204. The average molecular weight is 637 g/mol. The van der Waals surface area contributed by atoms with Crippen molar-refractivity contribution in [2.24, 2.45) is 0 Å². The number of furan rings is 1. The standard InChI is InChI=1S/C49H32O/c1-3-12-32(13-4-1)41-20-11-21-44-46-31-45(42-18-9-10-19-43(42)49(46)50-48(41)44)34-22-25-36(26-23-34)47(35-15-5-2-6-16-35)38-28-29-40-37(30-38)27-24-33-14-7-8-17-39(33)40/h1-31,47H. The Bertz CT molecular complexity index is 2840. The summed E-state index contributed by atoms with van der Waals surface area (Å²) < 4.78 is 6.74. The van der Waals surface area contributed by atoms with E-state index >= 15 is 0 Å². The van der Waals surface area contributed by atoms with Crippen LogP contribution in [-0.2, 0) is 0 Å². The molecule has 0 spiro atoms. The minimum atomic E-state index is 0.106. The maximum absolute atomic E-state index is 6.74. The first kappa shape index (κ1) is 28.6. The van der Waals surface area contributed by atoms with Crippen molar-refractivity contribution in [3.8, 4) is 22.3 Å². The van der Waals surface area contributed by atoms with Crippen LogP contribution < -0.4 is 0 Å². The molecular weight excluding hydrogens is 605 g/mol. The smallest absolute Gasteiger partial charge is 0.143 e. The van der Waals surface area contributed by atoms with Crippen LogP contribution in [0, 0.1) is 0 Å². The molecule has 0 N–H and O–H groups in total. The third-order valence-corrected chi connectivity index (χ3v) is 10.4. The van der Waals surface area contributed by atoms with Gasteiger partial charge in [0.25, 0.3) is 0 Å². The lowest BCUT2D eigenvalue weighted by atomic mass is 9.83. The van der Waals surface area contributed by atoms with Gasteiger partial charge < -0.3 is 4.42 Å². The summed E-state index contributed by atoms with van der Waals surface area (Å²) in [6.07, 6.45) is 0. The van der Waals surface area contributed by atoms with E-state index in [0.29, 0.717) is 0 Å². The predicted octanol–water partition coefficient (Wildman–Crippen LogP) is 13.6. The number of para-hydroxylation sites is 1. The van der Waals surface area contributed by atoms with Crippen molar-refractivity contribution in [3.05, 3.63) is 205 Å². The zero-order valence-corrected chi connectivity index (χ0v) is 27.4. The van der Waals surface area contributed by atoms with Gasteiger partial charge in [-0.05, 0) is 66.4 Å². The second kappa shape index (κ2) is 11.6. The van der Waals surface area contributed by atoms with E-state index in [1.807, 2.05) is 0 Å². The highest BCUT2D eigenvalue weighted by Gasteiger charge is 2.20. The molecule has 234 valence electrons. The summed E-state index contributed by atoms with van der Waals surface area (Å²) in [4.78, 5) is 0. The van der Waals surface area contributed by atoms with Gasteiger partial charge >= 0.3 is 0 Å². The van der Waals surface area contributed by atoms with Crippen LogP contribution in [0.3, 0.4) is 0 Å². The van der Waals surface area contributed by atoms with Crippen LogP contribution in [0.25, 0.3) is 76.5 Å². The first-order valence-electron chi connectivity index (χ1n) is 17.3.